The molecule has 0 radical (unpaired) electrons. The van der Waals surface area contributed by atoms with Crippen LogP contribution in [0, 0.1) is 0 Å². The molecule has 5 nitrogen and oxygen atoms in total. The fourth-order valence-corrected chi connectivity index (χ4v) is 1.59. The molecule has 17 heavy (non-hydrogen) atoms. The molecule has 0 aliphatic heterocycles. The van der Waals surface area contributed by atoms with E-state index in [4.69, 9.17) is 17.3 Å². The first-order valence-corrected chi connectivity index (χ1v) is 5.10. The molecule has 1 aromatic carbocycles. The third kappa shape index (κ3) is 2.19. The summed E-state index contributed by atoms with van der Waals surface area (Å²) >= 11 is 5.87. The molecule has 1 aromatic heterocycles. The van der Waals surface area contributed by atoms with Gasteiger partial charge in [-0.3, -0.25) is 9.36 Å². The number of nitrogens with two attached hydrogens (primary N) is 1. The Labute approximate surface area is 101 Å². The van der Waals surface area contributed by atoms with Crippen molar-refractivity contribution in [2.45, 2.75) is 0 Å². The fraction of sp³-hybridized carbons (Fsp3) is 0. The molecule has 0 saturated carbocycles. The maximum Gasteiger partial charge on any atom is 0.354 e. The number of hydrogen-bond acceptors (Lipinski definition) is 4. The van der Waals surface area contributed by atoms with E-state index in [1.807, 2.05) is 0 Å². The van der Waals surface area contributed by atoms with Gasteiger partial charge in [0.05, 0.1) is 10.7 Å². The summed E-state index contributed by atoms with van der Waals surface area (Å²) in [5, 5.41) is 0.279. The minimum absolute atomic E-state index is 0.154. The molecule has 0 bridgehead atoms. The van der Waals surface area contributed by atoms with Gasteiger partial charge in [0.15, 0.2) is 6.29 Å². The van der Waals surface area contributed by atoms with Crippen molar-refractivity contribution >= 4 is 23.7 Å². The standard InChI is InChI=1S/C11H8ClN3O2/c12-9-5-8(2-1-7(9)6-16)15-4-3-10(13)14-11(15)17/h1-6H,(H2,13,14,17). The second-order valence-electron chi connectivity index (χ2n) is 3.33. The second kappa shape index (κ2) is 4.39. The van der Waals surface area contributed by atoms with Crippen LogP contribution in [0.4, 0.5) is 5.82 Å². The molecule has 0 fully saturated rings. The Hall–Kier alpha value is -2.14. The molecule has 0 saturated heterocycles. The highest BCUT2D eigenvalue weighted by Gasteiger charge is 2.04. The van der Waals surface area contributed by atoms with Crippen LogP contribution in [0.15, 0.2) is 35.3 Å². The third-order valence-corrected chi connectivity index (χ3v) is 2.54. The average molecular weight is 250 g/mol. The number of carbonyl (C=O) groups excluding carboxylic acids is 1. The summed E-state index contributed by atoms with van der Waals surface area (Å²) in [4.78, 5) is 25.8. The first-order valence-electron chi connectivity index (χ1n) is 4.72. The van der Waals surface area contributed by atoms with Crippen molar-refractivity contribution in [3.05, 3.63) is 51.5 Å². The summed E-state index contributed by atoms with van der Waals surface area (Å²) in [7, 11) is 0. The molecule has 0 aliphatic carbocycles. The van der Waals surface area contributed by atoms with Gasteiger partial charge in [0.25, 0.3) is 0 Å². The molecule has 1 heterocycles. The molecule has 6 heteroatoms. The van der Waals surface area contributed by atoms with Crippen LogP contribution in [-0.4, -0.2) is 15.8 Å². The zero-order valence-corrected chi connectivity index (χ0v) is 9.39. The van der Waals surface area contributed by atoms with Gasteiger partial charge in [0, 0.05) is 11.8 Å². The minimum atomic E-state index is -0.500. The van der Waals surface area contributed by atoms with Gasteiger partial charge in [-0.2, -0.15) is 4.98 Å². The predicted octanol–water partition coefficient (Wildman–Crippen LogP) is 1.28. The quantitative estimate of drug-likeness (QED) is 0.814. The molecule has 2 N–H and O–H groups in total. The van der Waals surface area contributed by atoms with Gasteiger partial charge in [-0.25, -0.2) is 4.79 Å². The number of halogens is 1. The molecule has 0 unspecified atom stereocenters. The summed E-state index contributed by atoms with van der Waals surface area (Å²) in [6, 6.07) is 6.16. The number of nitrogens with zero attached hydrogens (tertiary/aromatic N) is 2. The molecule has 0 amide bonds. The van der Waals surface area contributed by atoms with Crippen molar-refractivity contribution in [2.75, 3.05) is 5.73 Å². The van der Waals surface area contributed by atoms with E-state index in [0.717, 1.165) is 0 Å². The van der Waals surface area contributed by atoms with Crippen LogP contribution in [0.25, 0.3) is 5.69 Å². The Morgan fingerprint density at radius 1 is 1.35 bits per heavy atom. The Morgan fingerprint density at radius 3 is 2.71 bits per heavy atom. The molecule has 86 valence electrons. The van der Waals surface area contributed by atoms with E-state index in [2.05, 4.69) is 4.98 Å². The molecule has 0 aliphatic rings. The van der Waals surface area contributed by atoms with Crippen molar-refractivity contribution < 1.29 is 4.79 Å². The van der Waals surface area contributed by atoms with Crippen molar-refractivity contribution in [3.63, 3.8) is 0 Å². The Kier molecular flexibility index (Phi) is 2.93. The Balaban J connectivity index is 2.57. The van der Waals surface area contributed by atoms with Gasteiger partial charge >= 0.3 is 5.69 Å². The van der Waals surface area contributed by atoms with E-state index in [0.29, 0.717) is 17.5 Å². The molecular weight excluding hydrogens is 242 g/mol. The fourth-order valence-electron chi connectivity index (χ4n) is 1.37. The Morgan fingerprint density at radius 2 is 2.12 bits per heavy atom. The second-order valence-corrected chi connectivity index (χ2v) is 3.74. The highest BCUT2D eigenvalue weighted by molar-refractivity contribution is 6.33. The van der Waals surface area contributed by atoms with Crippen LogP contribution in [0.1, 0.15) is 10.4 Å². The maximum absolute atomic E-state index is 11.6. The van der Waals surface area contributed by atoms with E-state index in [1.165, 1.54) is 29.0 Å². The normalized spacial score (nSPS) is 10.2. The highest BCUT2D eigenvalue weighted by Crippen LogP contribution is 2.17. The van der Waals surface area contributed by atoms with Gasteiger partial charge in [-0.05, 0) is 24.3 Å². The molecule has 0 spiro atoms. The third-order valence-electron chi connectivity index (χ3n) is 2.21. The number of aldehydes is 1. The van der Waals surface area contributed by atoms with E-state index in [9.17, 15) is 9.59 Å². The van der Waals surface area contributed by atoms with Crippen LogP contribution in [-0.2, 0) is 0 Å². The van der Waals surface area contributed by atoms with Crippen LogP contribution in [0.2, 0.25) is 5.02 Å². The van der Waals surface area contributed by atoms with Gasteiger partial charge in [-0.15, -0.1) is 0 Å². The first-order chi connectivity index (χ1) is 8.11. The summed E-state index contributed by atoms with van der Waals surface area (Å²) in [5.74, 6) is 0.154. The summed E-state index contributed by atoms with van der Waals surface area (Å²) < 4.78 is 1.29. The van der Waals surface area contributed by atoms with Crippen molar-refractivity contribution in [2.24, 2.45) is 0 Å². The largest absolute Gasteiger partial charge is 0.383 e. The smallest absolute Gasteiger partial charge is 0.354 e. The summed E-state index contributed by atoms with van der Waals surface area (Å²) in [6.45, 7) is 0. The lowest BCUT2D eigenvalue weighted by molar-refractivity contribution is 0.112. The van der Waals surface area contributed by atoms with Crippen LogP contribution in [0.3, 0.4) is 0 Å². The predicted molar refractivity (Wildman–Crippen MR) is 64.6 cm³/mol. The topological polar surface area (TPSA) is 78.0 Å². The number of hydrogen-bond donors (Lipinski definition) is 1. The highest BCUT2D eigenvalue weighted by atomic mass is 35.5. The number of aromatic nitrogens is 2. The van der Waals surface area contributed by atoms with E-state index in [1.54, 1.807) is 6.07 Å². The van der Waals surface area contributed by atoms with Crippen molar-refractivity contribution in [1.29, 1.82) is 0 Å². The molecular formula is C11H8ClN3O2. The number of nitrogen functional groups attached to an aromatic ring is 1. The van der Waals surface area contributed by atoms with Gasteiger partial charge < -0.3 is 5.73 Å². The van der Waals surface area contributed by atoms with Crippen LogP contribution < -0.4 is 11.4 Å². The number of benzene rings is 1. The number of carbonyl (C=O) groups is 1. The van der Waals surface area contributed by atoms with Gasteiger partial charge in [0.2, 0.25) is 0 Å². The van der Waals surface area contributed by atoms with Gasteiger partial charge in [0.1, 0.15) is 5.82 Å². The molecule has 2 rings (SSSR count). The lowest BCUT2D eigenvalue weighted by Gasteiger charge is -2.06. The number of rotatable bonds is 2. The molecule has 2 aromatic rings. The zero-order chi connectivity index (χ0) is 12.4. The lowest BCUT2D eigenvalue weighted by Crippen LogP contribution is -2.21. The summed E-state index contributed by atoms with van der Waals surface area (Å²) in [5.41, 5.74) is 5.78. The van der Waals surface area contributed by atoms with Crippen LogP contribution in [0.5, 0.6) is 0 Å². The Bertz CT molecular complexity index is 637. The van der Waals surface area contributed by atoms with Crippen molar-refractivity contribution in [3.8, 4) is 5.69 Å². The number of anilines is 1. The van der Waals surface area contributed by atoms with Crippen LogP contribution >= 0.6 is 11.6 Å². The zero-order valence-electron chi connectivity index (χ0n) is 8.63. The summed E-state index contributed by atoms with van der Waals surface area (Å²) in [6.07, 6.45) is 2.15. The van der Waals surface area contributed by atoms with Gasteiger partial charge in [-0.1, -0.05) is 11.6 Å². The minimum Gasteiger partial charge on any atom is -0.383 e. The maximum atomic E-state index is 11.6. The first kappa shape index (κ1) is 11.3. The monoisotopic (exact) mass is 249 g/mol. The SMILES string of the molecule is Nc1ccn(-c2ccc(C=O)c(Cl)c2)c(=O)n1. The average Bonchev–Trinajstić information content (AvgIpc) is 2.29. The van der Waals surface area contributed by atoms with E-state index >= 15 is 0 Å². The lowest BCUT2D eigenvalue weighted by atomic mass is 10.2. The van der Waals surface area contributed by atoms with E-state index in [-0.39, 0.29) is 10.8 Å². The van der Waals surface area contributed by atoms with E-state index < -0.39 is 5.69 Å². The van der Waals surface area contributed by atoms with Crippen molar-refractivity contribution in [1.82, 2.24) is 9.55 Å². The molecule has 0 atom stereocenters.